The van der Waals surface area contributed by atoms with Crippen LogP contribution in [0, 0.1) is 5.92 Å². The number of cyclic esters (lactones) is 1. The molecule has 68 valence electrons. The van der Waals surface area contributed by atoms with Crippen LogP contribution in [0.15, 0.2) is 12.7 Å². The second-order valence-electron chi connectivity index (χ2n) is 2.82. The molecule has 2 atom stereocenters. The summed E-state index contributed by atoms with van der Waals surface area (Å²) in [5, 5.41) is 11.6. The molecule has 0 bridgehead atoms. The molecule has 2 N–H and O–H groups in total. The van der Waals surface area contributed by atoms with E-state index in [1.54, 1.807) is 6.08 Å². The van der Waals surface area contributed by atoms with Crippen LogP contribution in [0.1, 0.15) is 6.42 Å². The van der Waals surface area contributed by atoms with Gasteiger partial charge in [0.1, 0.15) is 6.61 Å². The lowest BCUT2D eigenvalue weighted by atomic mass is 9.98. The fourth-order valence-corrected chi connectivity index (χ4v) is 1.23. The summed E-state index contributed by atoms with van der Waals surface area (Å²) in [5.74, 6) is 0.0222. The third kappa shape index (κ3) is 1.98. The first-order valence-electron chi connectivity index (χ1n) is 3.93. The average Bonchev–Trinajstić information content (AvgIpc) is 2.47. The van der Waals surface area contributed by atoms with Crippen LogP contribution in [-0.4, -0.2) is 30.5 Å². The topological polar surface area (TPSA) is 58.6 Å². The smallest absolute Gasteiger partial charge is 0.407 e. The number of hydrogen-bond donors (Lipinski definition) is 2. The SMILES string of the molecule is C=CC[C@@H](CO)[C@H]1COC(=O)N1. The number of aliphatic hydroxyl groups is 1. The Morgan fingerprint density at radius 3 is 3.08 bits per heavy atom. The van der Waals surface area contributed by atoms with Gasteiger partial charge in [-0.1, -0.05) is 6.08 Å². The van der Waals surface area contributed by atoms with Crippen molar-refractivity contribution in [2.75, 3.05) is 13.2 Å². The molecular formula is C8H13NO3. The van der Waals surface area contributed by atoms with Crippen LogP contribution in [0.3, 0.4) is 0 Å². The fraction of sp³-hybridized carbons (Fsp3) is 0.625. The van der Waals surface area contributed by atoms with Gasteiger partial charge in [-0.25, -0.2) is 4.79 Å². The molecule has 1 aliphatic heterocycles. The van der Waals surface area contributed by atoms with Gasteiger partial charge in [0.2, 0.25) is 0 Å². The minimum atomic E-state index is -0.400. The maximum absolute atomic E-state index is 10.6. The van der Waals surface area contributed by atoms with Gasteiger partial charge in [-0.2, -0.15) is 0 Å². The Labute approximate surface area is 71.2 Å². The Bertz CT molecular complexity index is 181. The number of rotatable bonds is 4. The average molecular weight is 171 g/mol. The van der Waals surface area contributed by atoms with Crippen molar-refractivity contribution in [3.63, 3.8) is 0 Å². The van der Waals surface area contributed by atoms with E-state index in [9.17, 15) is 4.79 Å². The Balaban J connectivity index is 2.43. The molecule has 1 amide bonds. The fourth-order valence-electron chi connectivity index (χ4n) is 1.23. The Kier molecular flexibility index (Phi) is 3.10. The van der Waals surface area contributed by atoms with Gasteiger partial charge in [0.15, 0.2) is 0 Å². The molecule has 1 heterocycles. The number of amides is 1. The van der Waals surface area contributed by atoms with E-state index in [1.165, 1.54) is 0 Å². The minimum absolute atomic E-state index is 0.0222. The van der Waals surface area contributed by atoms with Gasteiger partial charge in [-0.15, -0.1) is 6.58 Å². The number of nitrogens with one attached hydrogen (secondary N) is 1. The van der Waals surface area contributed by atoms with Gasteiger partial charge in [-0.05, 0) is 6.42 Å². The zero-order valence-electron chi connectivity index (χ0n) is 6.82. The summed E-state index contributed by atoms with van der Waals surface area (Å²) in [7, 11) is 0. The first-order chi connectivity index (χ1) is 5.77. The lowest BCUT2D eigenvalue weighted by Crippen LogP contribution is -2.35. The zero-order chi connectivity index (χ0) is 8.97. The summed E-state index contributed by atoms with van der Waals surface area (Å²) < 4.78 is 4.70. The zero-order valence-corrected chi connectivity index (χ0v) is 6.82. The van der Waals surface area contributed by atoms with E-state index in [4.69, 9.17) is 9.84 Å². The summed E-state index contributed by atoms with van der Waals surface area (Å²) in [5.41, 5.74) is 0. The minimum Gasteiger partial charge on any atom is -0.447 e. The van der Waals surface area contributed by atoms with E-state index in [0.717, 1.165) is 0 Å². The molecule has 0 spiro atoms. The van der Waals surface area contributed by atoms with Gasteiger partial charge in [0.05, 0.1) is 6.04 Å². The molecular weight excluding hydrogens is 158 g/mol. The van der Waals surface area contributed by atoms with E-state index in [2.05, 4.69) is 11.9 Å². The predicted octanol–water partition coefficient (Wildman–Crippen LogP) is 0.279. The molecule has 0 aromatic heterocycles. The number of aliphatic hydroxyl groups excluding tert-OH is 1. The van der Waals surface area contributed by atoms with Gasteiger partial charge in [0.25, 0.3) is 0 Å². The standard InChI is InChI=1S/C8H13NO3/c1-2-3-6(4-10)7-5-12-8(11)9-7/h2,6-7,10H,1,3-5H2,(H,9,11)/t6-,7+/m0/s1. The van der Waals surface area contributed by atoms with E-state index in [0.29, 0.717) is 13.0 Å². The van der Waals surface area contributed by atoms with E-state index >= 15 is 0 Å². The molecule has 0 aromatic rings. The highest BCUT2D eigenvalue weighted by atomic mass is 16.6. The van der Waals surface area contributed by atoms with Crippen molar-refractivity contribution >= 4 is 6.09 Å². The van der Waals surface area contributed by atoms with E-state index in [1.807, 2.05) is 0 Å². The van der Waals surface area contributed by atoms with Crippen LogP contribution in [0.5, 0.6) is 0 Å². The Morgan fingerprint density at radius 1 is 1.92 bits per heavy atom. The van der Waals surface area contributed by atoms with Crippen molar-refractivity contribution in [2.45, 2.75) is 12.5 Å². The lowest BCUT2D eigenvalue weighted by molar-refractivity contribution is 0.165. The highest BCUT2D eigenvalue weighted by molar-refractivity contribution is 5.69. The monoisotopic (exact) mass is 171 g/mol. The highest BCUT2D eigenvalue weighted by Crippen LogP contribution is 2.13. The number of ether oxygens (including phenoxy) is 1. The van der Waals surface area contributed by atoms with E-state index in [-0.39, 0.29) is 18.6 Å². The third-order valence-electron chi connectivity index (χ3n) is 1.97. The molecule has 0 unspecified atom stereocenters. The third-order valence-corrected chi connectivity index (χ3v) is 1.97. The van der Waals surface area contributed by atoms with Crippen LogP contribution in [0.25, 0.3) is 0 Å². The van der Waals surface area contributed by atoms with Gasteiger partial charge in [-0.3, -0.25) is 0 Å². The molecule has 1 saturated heterocycles. The summed E-state index contributed by atoms with van der Waals surface area (Å²) in [6, 6.07) is -0.0690. The molecule has 0 aromatic carbocycles. The number of carbonyl (C=O) groups excluding carboxylic acids is 1. The molecule has 1 rings (SSSR count). The van der Waals surface area contributed by atoms with Crippen LogP contribution < -0.4 is 5.32 Å². The molecule has 12 heavy (non-hydrogen) atoms. The van der Waals surface area contributed by atoms with E-state index < -0.39 is 6.09 Å². The van der Waals surface area contributed by atoms with Crippen molar-refractivity contribution in [3.8, 4) is 0 Å². The van der Waals surface area contributed by atoms with Crippen LogP contribution in [0.4, 0.5) is 4.79 Å². The molecule has 0 aliphatic carbocycles. The van der Waals surface area contributed by atoms with Crippen molar-refractivity contribution < 1.29 is 14.6 Å². The number of carbonyl (C=O) groups is 1. The summed E-state index contributed by atoms with van der Waals surface area (Å²) >= 11 is 0. The van der Waals surface area contributed by atoms with Crippen LogP contribution in [0.2, 0.25) is 0 Å². The number of hydrogen-bond acceptors (Lipinski definition) is 3. The van der Waals surface area contributed by atoms with Crippen molar-refractivity contribution in [1.29, 1.82) is 0 Å². The number of alkyl carbamates (subject to hydrolysis) is 1. The molecule has 0 radical (unpaired) electrons. The Morgan fingerprint density at radius 2 is 2.67 bits per heavy atom. The van der Waals surface area contributed by atoms with Gasteiger partial charge < -0.3 is 15.2 Å². The summed E-state index contributed by atoms with van der Waals surface area (Å²) in [6.45, 7) is 3.96. The van der Waals surface area contributed by atoms with Crippen molar-refractivity contribution in [3.05, 3.63) is 12.7 Å². The normalized spacial score (nSPS) is 24.4. The molecule has 4 heteroatoms. The number of allylic oxidation sites excluding steroid dienone is 1. The van der Waals surface area contributed by atoms with Crippen molar-refractivity contribution in [2.24, 2.45) is 5.92 Å². The van der Waals surface area contributed by atoms with Crippen LogP contribution in [-0.2, 0) is 4.74 Å². The molecule has 4 nitrogen and oxygen atoms in total. The Hall–Kier alpha value is -1.03. The maximum Gasteiger partial charge on any atom is 0.407 e. The molecule has 1 aliphatic rings. The van der Waals surface area contributed by atoms with Gasteiger partial charge in [0, 0.05) is 12.5 Å². The first kappa shape index (κ1) is 9.06. The second kappa shape index (κ2) is 4.11. The molecule has 1 fully saturated rings. The van der Waals surface area contributed by atoms with Crippen LogP contribution >= 0.6 is 0 Å². The molecule has 0 saturated carbocycles. The maximum atomic E-state index is 10.6. The van der Waals surface area contributed by atoms with Crippen molar-refractivity contribution in [1.82, 2.24) is 5.32 Å². The summed E-state index contributed by atoms with van der Waals surface area (Å²) in [4.78, 5) is 10.6. The first-order valence-corrected chi connectivity index (χ1v) is 3.93. The second-order valence-corrected chi connectivity index (χ2v) is 2.82. The predicted molar refractivity (Wildman–Crippen MR) is 43.7 cm³/mol. The van der Waals surface area contributed by atoms with Gasteiger partial charge >= 0.3 is 6.09 Å². The largest absolute Gasteiger partial charge is 0.447 e. The quantitative estimate of drug-likeness (QED) is 0.597. The lowest BCUT2D eigenvalue weighted by Gasteiger charge is -2.16. The highest BCUT2D eigenvalue weighted by Gasteiger charge is 2.28. The summed E-state index contributed by atoms with van der Waals surface area (Å²) in [6.07, 6.45) is 2.01.